The smallest absolute Gasteiger partial charge is 0.137 e. The van der Waals surface area contributed by atoms with Crippen molar-refractivity contribution in [3.8, 4) is 5.75 Å². The number of hydrogen-bond acceptors (Lipinski definition) is 2. The molecule has 110 valence electrons. The maximum atomic E-state index is 10.0. The van der Waals surface area contributed by atoms with Gasteiger partial charge in [-0.15, -0.1) is 0 Å². The summed E-state index contributed by atoms with van der Waals surface area (Å²) >= 11 is 2.24. The highest BCUT2D eigenvalue weighted by Gasteiger charge is 2.24. The number of rotatable bonds is 6. The Bertz CT molecular complexity index is 383. The van der Waals surface area contributed by atoms with Crippen LogP contribution in [0.5, 0.6) is 5.75 Å². The van der Waals surface area contributed by atoms with Gasteiger partial charge in [0.05, 0.1) is 23.7 Å². The summed E-state index contributed by atoms with van der Waals surface area (Å²) in [5, 5.41) is 10.0. The van der Waals surface area contributed by atoms with Crippen LogP contribution in [0.4, 0.5) is 0 Å². The minimum atomic E-state index is -0.446. The molecule has 19 heavy (non-hydrogen) atoms. The summed E-state index contributed by atoms with van der Waals surface area (Å²) in [6, 6.07) is 8.33. The summed E-state index contributed by atoms with van der Waals surface area (Å²) in [5.74, 6) is 0.840. The summed E-state index contributed by atoms with van der Waals surface area (Å²) < 4.78 is 7.51. The number of halogens is 2. The molecule has 1 aromatic carbocycles. The van der Waals surface area contributed by atoms with Gasteiger partial charge in [0.15, 0.2) is 0 Å². The molecule has 0 aromatic heterocycles. The molecule has 1 unspecified atom stereocenters. The monoisotopic (exact) mass is 491 g/mol. The first kappa shape index (κ1) is 19.4. The Morgan fingerprint density at radius 3 is 2.37 bits per heavy atom. The van der Waals surface area contributed by atoms with E-state index in [0.717, 1.165) is 13.8 Å². The quantitative estimate of drug-likeness (QED) is 0.431. The maximum Gasteiger partial charge on any atom is 0.137 e. The average molecular weight is 491 g/mol. The lowest BCUT2D eigenvalue weighted by Gasteiger charge is -2.35. The van der Waals surface area contributed by atoms with Gasteiger partial charge in [-0.25, -0.2) is 0 Å². The molecule has 0 radical (unpaired) electrons. The van der Waals surface area contributed by atoms with E-state index in [0.29, 0.717) is 19.2 Å². The first-order valence-electron chi connectivity index (χ1n) is 6.21. The van der Waals surface area contributed by atoms with Crippen LogP contribution in [0.3, 0.4) is 0 Å². The molecule has 0 spiro atoms. The molecule has 0 bridgehead atoms. The molecule has 1 aromatic rings. The highest BCUT2D eigenvalue weighted by molar-refractivity contribution is 14.1. The van der Waals surface area contributed by atoms with E-state index in [1.807, 2.05) is 24.3 Å². The van der Waals surface area contributed by atoms with Crippen LogP contribution in [0.15, 0.2) is 24.3 Å². The average Bonchev–Trinajstić information content (AvgIpc) is 2.27. The number of hydrogen-bond donors (Lipinski definition) is 1. The number of likely N-dealkylation sites (N-methyl/N-ethyl adjacent to an activating group) is 1. The molecule has 0 amide bonds. The van der Waals surface area contributed by atoms with E-state index in [2.05, 4.69) is 50.5 Å². The fraction of sp³-hybridized carbons (Fsp3) is 0.571. The summed E-state index contributed by atoms with van der Waals surface area (Å²) in [6.45, 7) is 5.36. The number of benzene rings is 1. The molecule has 0 aliphatic carbocycles. The van der Waals surface area contributed by atoms with E-state index >= 15 is 0 Å². The van der Waals surface area contributed by atoms with E-state index in [1.54, 1.807) is 0 Å². The van der Waals surface area contributed by atoms with Crippen molar-refractivity contribution in [1.82, 2.24) is 0 Å². The van der Waals surface area contributed by atoms with E-state index in [4.69, 9.17) is 4.74 Å². The van der Waals surface area contributed by atoms with Crippen molar-refractivity contribution in [2.24, 2.45) is 0 Å². The van der Waals surface area contributed by atoms with Crippen LogP contribution in [0.1, 0.15) is 13.8 Å². The molecule has 0 heterocycles. The maximum absolute atomic E-state index is 10.0. The summed E-state index contributed by atoms with van der Waals surface area (Å²) in [6.07, 6.45) is -0.446. The van der Waals surface area contributed by atoms with E-state index in [-0.39, 0.29) is 24.0 Å². The number of ether oxygens (including phenoxy) is 1. The van der Waals surface area contributed by atoms with Gasteiger partial charge in [-0.3, -0.25) is 0 Å². The molecular weight excluding hydrogens is 468 g/mol. The van der Waals surface area contributed by atoms with E-state index in [1.165, 1.54) is 0 Å². The van der Waals surface area contributed by atoms with Gasteiger partial charge in [0.25, 0.3) is 0 Å². The summed E-state index contributed by atoms with van der Waals surface area (Å²) in [4.78, 5) is 0. The van der Waals surface area contributed by atoms with E-state index in [9.17, 15) is 5.11 Å². The lowest BCUT2D eigenvalue weighted by Crippen LogP contribution is -3.00. The normalized spacial score (nSPS) is 13.0. The molecule has 1 N–H and O–H groups in total. The molecule has 3 nitrogen and oxygen atoms in total. The molecule has 1 atom stereocenters. The largest absolute Gasteiger partial charge is 1.00 e. The summed E-state index contributed by atoms with van der Waals surface area (Å²) in [5.41, 5.74) is 0. The molecule has 1 rings (SSSR count). The van der Waals surface area contributed by atoms with Crippen molar-refractivity contribution in [3.63, 3.8) is 0 Å². The first-order chi connectivity index (χ1) is 8.33. The minimum Gasteiger partial charge on any atom is -1.00 e. The number of nitrogens with zero attached hydrogens (tertiary/aromatic N) is 1. The van der Waals surface area contributed by atoms with Crippen LogP contribution < -0.4 is 28.7 Å². The van der Waals surface area contributed by atoms with Gasteiger partial charge in [-0.2, -0.15) is 0 Å². The van der Waals surface area contributed by atoms with Gasteiger partial charge in [-0.05, 0) is 48.6 Å². The number of aliphatic hydroxyl groups excluding tert-OH is 1. The Labute approximate surface area is 147 Å². The molecule has 0 saturated heterocycles. The lowest BCUT2D eigenvalue weighted by molar-refractivity contribution is -0.914. The van der Waals surface area contributed by atoms with Crippen molar-refractivity contribution in [3.05, 3.63) is 27.8 Å². The SMILES string of the molecule is CC(C)[N+](C)(C)CC(O)COc1ccccc1I.[I-]. The number of aliphatic hydroxyl groups is 1. The molecule has 0 saturated carbocycles. The third-order valence-electron chi connectivity index (χ3n) is 3.35. The molecule has 5 heteroatoms. The van der Waals surface area contributed by atoms with Crippen molar-refractivity contribution in [2.75, 3.05) is 27.2 Å². The Morgan fingerprint density at radius 2 is 1.84 bits per heavy atom. The molecule has 0 fully saturated rings. The van der Waals surface area contributed by atoms with Crippen molar-refractivity contribution < 1.29 is 38.3 Å². The molecule has 0 aliphatic heterocycles. The second-order valence-electron chi connectivity index (χ2n) is 5.45. The van der Waals surface area contributed by atoms with Crippen LogP contribution in [-0.2, 0) is 0 Å². The molecular formula is C14H23I2NO2. The Morgan fingerprint density at radius 1 is 1.26 bits per heavy atom. The third-order valence-corrected chi connectivity index (χ3v) is 4.24. The van der Waals surface area contributed by atoms with Crippen molar-refractivity contribution in [1.29, 1.82) is 0 Å². The van der Waals surface area contributed by atoms with Gasteiger partial charge < -0.3 is 38.3 Å². The van der Waals surface area contributed by atoms with Gasteiger partial charge in [-0.1, -0.05) is 12.1 Å². The van der Waals surface area contributed by atoms with Crippen molar-refractivity contribution in [2.45, 2.75) is 26.0 Å². The zero-order valence-corrected chi connectivity index (χ0v) is 16.3. The zero-order chi connectivity index (χ0) is 13.8. The number of para-hydroxylation sites is 1. The van der Waals surface area contributed by atoms with Gasteiger partial charge in [0.1, 0.15) is 25.0 Å². The van der Waals surface area contributed by atoms with Crippen LogP contribution in [-0.4, -0.2) is 49.0 Å². The highest BCUT2D eigenvalue weighted by atomic mass is 127. The summed E-state index contributed by atoms with van der Waals surface area (Å²) in [7, 11) is 4.25. The fourth-order valence-corrected chi connectivity index (χ4v) is 2.10. The van der Waals surface area contributed by atoms with Crippen molar-refractivity contribution >= 4 is 22.6 Å². The second kappa shape index (κ2) is 8.63. The van der Waals surface area contributed by atoms with Gasteiger partial charge >= 0.3 is 0 Å². The predicted molar refractivity (Wildman–Crippen MR) is 82.8 cm³/mol. The lowest BCUT2D eigenvalue weighted by atomic mass is 10.2. The molecule has 0 aliphatic rings. The Kier molecular flexibility index (Phi) is 8.82. The fourth-order valence-electron chi connectivity index (χ4n) is 1.55. The predicted octanol–water partition coefficient (Wildman–Crippen LogP) is -0.480. The highest BCUT2D eigenvalue weighted by Crippen LogP contribution is 2.20. The van der Waals surface area contributed by atoms with Gasteiger partial charge in [0.2, 0.25) is 0 Å². The van der Waals surface area contributed by atoms with Crippen LogP contribution in [0.25, 0.3) is 0 Å². The zero-order valence-electron chi connectivity index (χ0n) is 11.9. The first-order valence-corrected chi connectivity index (χ1v) is 7.29. The van der Waals surface area contributed by atoms with E-state index < -0.39 is 6.10 Å². The van der Waals surface area contributed by atoms with Gasteiger partial charge in [0, 0.05) is 0 Å². The standard InChI is InChI=1S/C14H23INO2.HI/c1-11(2)16(3,4)9-12(17)10-18-14-8-6-5-7-13(14)15;/h5-8,11-12,17H,9-10H2,1-4H3;1H/q+1;/p-1. The second-order valence-corrected chi connectivity index (χ2v) is 6.61. The van der Waals surface area contributed by atoms with Crippen LogP contribution in [0.2, 0.25) is 0 Å². The third kappa shape index (κ3) is 6.59. The van der Waals surface area contributed by atoms with Crippen LogP contribution in [0, 0.1) is 3.57 Å². The minimum absolute atomic E-state index is 0. The van der Waals surface area contributed by atoms with Crippen LogP contribution >= 0.6 is 22.6 Å². The number of quaternary nitrogens is 1. The Hall–Kier alpha value is 0.400. The topological polar surface area (TPSA) is 29.5 Å². The Balaban J connectivity index is 0.00000324.